The first-order chi connectivity index (χ1) is 20.4. The third-order valence-electron chi connectivity index (χ3n) is 6.95. The summed E-state index contributed by atoms with van der Waals surface area (Å²) in [6.45, 7) is -9.30. The van der Waals surface area contributed by atoms with Gasteiger partial charge in [0, 0.05) is 0 Å². The number of hydrogen-bond acceptors (Lipinski definition) is 18. The molecule has 7 rings (SSSR count). The number of fused-ring (bicyclic) bond motifs is 4. The summed E-state index contributed by atoms with van der Waals surface area (Å²) in [6.07, 6.45) is -6.62. The minimum Gasteiger partial charge on any atom is -0.386 e. The van der Waals surface area contributed by atoms with Gasteiger partial charge in [-0.3, -0.25) is 27.2 Å². The zero-order valence-electron chi connectivity index (χ0n) is 21.3. The predicted molar refractivity (Wildman–Crippen MR) is 149 cm³/mol. The van der Waals surface area contributed by atoms with Crippen LogP contribution < -0.4 is 11.5 Å². The van der Waals surface area contributed by atoms with Gasteiger partial charge in [-0.25, -0.2) is 39.0 Å². The van der Waals surface area contributed by atoms with Crippen molar-refractivity contribution < 1.29 is 46.9 Å². The fourth-order valence-corrected chi connectivity index (χ4v) is 8.14. The summed E-state index contributed by atoms with van der Waals surface area (Å²) in [5.74, 6) is 0.170. The molecule has 20 nitrogen and oxygen atoms in total. The Morgan fingerprint density at radius 1 is 0.767 bits per heavy atom. The highest BCUT2D eigenvalue weighted by atomic mass is 32.7. The molecule has 0 aliphatic carbocycles. The van der Waals surface area contributed by atoms with Crippen LogP contribution in [0.3, 0.4) is 0 Å². The van der Waals surface area contributed by atoms with E-state index < -0.39 is 69.5 Å². The van der Waals surface area contributed by atoms with Crippen LogP contribution in [0, 0.1) is 0 Å². The van der Waals surface area contributed by atoms with Gasteiger partial charge in [-0.05, 0) is 0 Å². The second-order valence-electron chi connectivity index (χ2n) is 9.59. The Morgan fingerprint density at radius 3 is 1.91 bits per heavy atom. The fourth-order valence-electron chi connectivity index (χ4n) is 5.03. The molecule has 43 heavy (non-hydrogen) atoms. The number of nitrogens with two attached hydrogens (primary N) is 2. The molecule has 4 unspecified atom stereocenters. The van der Waals surface area contributed by atoms with Crippen LogP contribution in [0.1, 0.15) is 12.5 Å². The Balaban J connectivity index is 1.20. The lowest BCUT2D eigenvalue weighted by molar-refractivity contribution is -0.126. The van der Waals surface area contributed by atoms with E-state index >= 15 is 0 Å². The molecule has 3 aliphatic heterocycles. The van der Waals surface area contributed by atoms with Crippen molar-refractivity contribution >= 4 is 72.1 Å². The molecule has 3 aliphatic rings. The average molecular weight is 677 g/mol. The quantitative estimate of drug-likeness (QED) is 0.122. The normalized spacial score (nSPS) is 38.6. The maximum atomic E-state index is 13.6. The van der Waals surface area contributed by atoms with Crippen molar-refractivity contribution in [2.24, 2.45) is 0 Å². The first kappa shape index (κ1) is 29.3. The number of ether oxygens (including phenoxy) is 2. The summed E-state index contributed by atoms with van der Waals surface area (Å²) in [6, 6.07) is 0. The summed E-state index contributed by atoms with van der Waals surface area (Å²) in [7, 11) is 0. The number of aliphatic hydroxyl groups excluding tert-OH is 2. The van der Waals surface area contributed by atoms with Gasteiger partial charge < -0.3 is 31.2 Å². The van der Waals surface area contributed by atoms with E-state index in [1.165, 1.54) is 34.4 Å². The van der Waals surface area contributed by atoms with Gasteiger partial charge in [0.1, 0.15) is 54.2 Å². The maximum Gasteiger partial charge on any atom is 0.388 e. The summed E-state index contributed by atoms with van der Waals surface area (Å²) in [4.78, 5) is 24.3. The Hall–Kier alpha value is -2.46. The molecular weight excluding hydrogens is 654 g/mol. The second-order valence-corrected chi connectivity index (χ2v) is 15.3. The smallest absolute Gasteiger partial charge is 0.386 e. The molecule has 3 fully saturated rings. The van der Waals surface area contributed by atoms with Crippen molar-refractivity contribution in [1.82, 2.24) is 39.0 Å². The number of rotatable bonds is 2. The average Bonchev–Trinajstić information content (AvgIpc) is 3.70. The van der Waals surface area contributed by atoms with E-state index in [-0.39, 0.29) is 34.0 Å². The van der Waals surface area contributed by atoms with E-state index in [9.17, 15) is 19.3 Å². The molecule has 3 saturated heterocycles. The Kier molecular flexibility index (Phi) is 7.19. The number of imidazole rings is 2. The van der Waals surface area contributed by atoms with Crippen molar-refractivity contribution in [1.29, 1.82) is 0 Å². The maximum absolute atomic E-state index is 13.6. The van der Waals surface area contributed by atoms with Crippen LogP contribution >= 0.6 is 38.1 Å². The van der Waals surface area contributed by atoms with Crippen molar-refractivity contribution in [3.8, 4) is 0 Å². The zero-order valence-corrected chi connectivity index (χ0v) is 24.9. The third-order valence-corrected chi connectivity index (χ3v) is 10.1. The Morgan fingerprint density at radius 2 is 1.30 bits per heavy atom. The summed E-state index contributed by atoms with van der Waals surface area (Å²) < 4.78 is 63.6. The minimum absolute atomic E-state index is 0.0744. The van der Waals surface area contributed by atoms with Crippen LogP contribution in [0.2, 0.25) is 0 Å². The van der Waals surface area contributed by atoms with Gasteiger partial charge in [0.15, 0.2) is 41.7 Å². The Bertz CT molecular complexity index is 1810. The molecule has 4 aromatic heterocycles. The van der Waals surface area contributed by atoms with Crippen molar-refractivity contribution in [3.63, 3.8) is 0 Å². The van der Waals surface area contributed by atoms with Gasteiger partial charge in [-0.15, -0.1) is 0 Å². The first-order valence-corrected chi connectivity index (χ1v) is 17.7. The molecule has 7 heterocycles. The van der Waals surface area contributed by atoms with Crippen LogP contribution in [0.4, 0.5) is 11.6 Å². The third kappa shape index (κ3) is 5.10. The van der Waals surface area contributed by atoms with E-state index in [0.717, 1.165) is 0 Å². The van der Waals surface area contributed by atoms with Crippen molar-refractivity contribution in [2.45, 2.75) is 49.3 Å². The lowest BCUT2D eigenvalue weighted by Crippen LogP contribution is -2.36. The van der Waals surface area contributed by atoms with Crippen LogP contribution in [0.25, 0.3) is 22.3 Å². The zero-order chi connectivity index (χ0) is 30.3. The number of hydrogen-bond donors (Lipinski definition) is 6. The largest absolute Gasteiger partial charge is 0.388 e. The molecule has 4 aromatic rings. The van der Waals surface area contributed by atoms with E-state index in [1.807, 2.05) is 0 Å². The summed E-state index contributed by atoms with van der Waals surface area (Å²) in [5, 5.41) is 22.4. The lowest BCUT2D eigenvalue weighted by Gasteiger charge is -2.25. The molecule has 0 amide bonds. The molecule has 230 valence electrons. The molecular formula is C19H22N10O10P2S2. The predicted octanol–water partition coefficient (Wildman–Crippen LogP) is 0.198. The van der Waals surface area contributed by atoms with E-state index in [4.69, 9.17) is 39.0 Å². The van der Waals surface area contributed by atoms with E-state index in [0.29, 0.717) is 0 Å². The molecule has 6 N–H and O–H groups in total. The monoisotopic (exact) mass is 676 g/mol. The number of thiol groups is 2. The molecule has 24 heteroatoms. The SMILES string of the molecule is Nc1ncnc2c1ncn2[C@@H]1O[C@@H]2O[P@@](=O)(S)OC3C(O)[C@H](n4cnc5c(N)ncnc54)O[C@@H]3CO[P@@](=O)(S)OC2C1O. The second kappa shape index (κ2) is 10.6. The summed E-state index contributed by atoms with van der Waals surface area (Å²) >= 11 is 8.10. The van der Waals surface area contributed by atoms with Crippen molar-refractivity contribution in [3.05, 3.63) is 25.3 Å². The van der Waals surface area contributed by atoms with E-state index in [1.54, 1.807) is 0 Å². The number of nitrogens with zero attached hydrogens (tertiary/aromatic N) is 8. The number of aromatic nitrogens is 8. The number of anilines is 2. The molecule has 0 spiro atoms. The highest BCUT2D eigenvalue weighted by Gasteiger charge is 2.55. The number of nitrogen functional groups attached to an aromatic ring is 2. The standard InChI is InChI=1S/C19H22N10O10P2S2/c20-13-7-15(24-2-22-13)28(4-26-7)17-9(30)11-6(35-17)1-34-40(32,42)38-12-10(31)18(36-19(12)39-41(33,43)37-11)29-5-27-8-14(21)23-3-25-16(8)29/h2-6,9-12,17-19,30-31H,1H2,(H,32,42)(H,33,43)(H2,20,22,24)(H2,21,23,25)/t6-,9?,10?,11?,12?,17-,18-,19-,40-,41+/m1/s1. The summed E-state index contributed by atoms with van der Waals surface area (Å²) in [5.41, 5.74) is 12.6. The first-order valence-electron chi connectivity index (χ1n) is 12.3. The van der Waals surface area contributed by atoms with Crippen LogP contribution in [0.5, 0.6) is 0 Å². The van der Waals surface area contributed by atoms with Gasteiger partial charge in [0.05, 0.1) is 19.3 Å². The highest BCUT2D eigenvalue weighted by molar-refractivity contribution is 8.44. The van der Waals surface area contributed by atoms with Crippen LogP contribution in [-0.2, 0) is 36.7 Å². The van der Waals surface area contributed by atoms with Crippen LogP contribution in [-0.4, -0.2) is 92.7 Å². The molecule has 0 saturated carbocycles. The van der Waals surface area contributed by atoms with Crippen LogP contribution in [0.15, 0.2) is 25.3 Å². The van der Waals surface area contributed by atoms with Crippen molar-refractivity contribution in [2.75, 3.05) is 18.1 Å². The highest BCUT2D eigenvalue weighted by Crippen LogP contribution is 2.62. The van der Waals surface area contributed by atoms with Gasteiger partial charge in [-0.1, -0.05) is 24.5 Å². The topological polar surface area (TPSA) is 269 Å². The molecule has 0 radical (unpaired) electrons. The fraction of sp³-hybridized carbons (Fsp3) is 0.474. The van der Waals surface area contributed by atoms with Gasteiger partial charge >= 0.3 is 13.6 Å². The Labute approximate surface area is 250 Å². The van der Waals surface area contributed by atoms with E-state index in [2.05, 4.69) is 54.4 Å². The van der Waals surface area contributed by atoms with Gasteiger partial charge in [0.2, 0.25) is 0 Å². The van der Waals surface area contributed by atoms with Gasteiger partial charge in [-0.2, -0.15) is 0 Å². The molecule has 0 aromatic carbocycles. The number of aliphatic hydroxyl groups is 2. The lowest BCUT2D eigenvalue weighted by atomic mass is 10.1. The minimum atomic E-state index is -4.46. The molecule has 0 bridgehead atoms. The van der Waals surface area contributed by atoms with Gasteiger partial charge in [0.25, 0.3) is 0 Å². The molecule has 10 atom stereocenters.